The molecule has 3 nitrogen and oxygen atoms in total. The molecule has 0 radical (unpaired) electrons. The quantitative estimate of drug-likeness (QED) is 0.146. The topological polar surface area (TPSA) is 30.9 Å². The number of para-hydroxylation sites is 2. The second kappa shape index (κ2) is 10.5. The van der Waals surface area contributed by atoms with Crippen LogP contribution in [0.1, 0.15) is 11.1 Å². The highest BCUT2D eigenvalue weighted by atomic mass is 15.1. The smallest absolute Gasteiger partial charge is 0.169 e. The SMILES string of the molecule is C[n+]1ccc(-c2ccc(/C(C#N)=C/c3ccc(N(c4ccccc4)c4ccccc4)cc3)cc2)cc1. The van der Waals surface area contributed by atoms with Crippen molar-refractivity contribution in [3.63, 3.8) is 0 Å². The molecule has 0 saturated carbocycles. The minimum atomic E-state index is 0.636. The van der Waals surface area contributed by atoms with Gasteiger partial charge in [-0.15, -0.1) is 0 Å². The number of pyridine rings is 1. The first-order valence-electron chi connectivity index (χ1n) is 11.9. The predicted octanol–water partition coefficient (Wildman–Crippen LogP) is 7.71. The summed E-state index contributed by atoms with van der Waals surface area (Å²) in [5, 5.41) is 9.87. The molecule has 1 heterocycles. The summed E-state index contributed by atoms with van der Waals surface area (Å²) < 4.78 is 2.01. The van der Waals surface area contributed by atoms with Gasteiger partial charge in [0.2, 0.25) is 0 Å². The van der Waals surface area contributed by atoms with E-state index in [-0.39, 0.29) is 0 Å². The summed E-state index contributed by atoms with van der Waals surface area (Å²) >= 11 is 0. The van der Waals surface area contributed by atoms with Gasteiger partial charge in [-0.05, 0) is 64.7 Å². The fraction of sp³-hybridized carbons (Fsp3) is 0.0303. The zero-order chi connectivity index (χ0) is 24.7. The molecule has 5 rings (SSSR count). The van der Waals surface area contributed by atoms with Crippen LogP contribution >= 0.6 is 0 Å². The summed E-state index contributed by atoms with van der Waals surface area (Å²) in [4.78, 5) is 2.22. The Morgan fingerprint density at radius 1 is 0.639 bits per heavy atom. The number of allylic oxidation sites excluding steroid dienone is 1. The number of aromatic nitrogens is 1. The minimum absolute atomic E-state index is 0.636. The number of anilines is 3. The molecule has 3 heteroatoms. The normalized spacial score (nSPS) is 11.1. The van der Waals surface area contributed by atoms with E-state index in [1.165, 1.54) is 0 Å². The van der Waals surface area contributed by atoms with Crippen molar-refractivity contribution < 1.29 is 4.57 Å². The largest absolute Gasteiger partial charge is 0.311 e. The maximum atomic E-state index is 9.87. The molecule has 1 aromatic heterocycles. The monoisotopic (exact) mass is 464 g/mol. The van der Waals surface area contributed by atoms with Crippen molar-refractivity contribution >= 4 is 28.7 Å². The molecular formula is C33H26N3+. The lowest BCUT2D eigenvalue weighted by Gasteiger charge is -2.25. The van der Waals surface area contributed by atoms with E-state index in [2.05, 4.69) is 83.8 Å². The van der Waals surface area contributed by atoms with Crippen LogP contribution in [0.25, 0.3) is 22.8 Å². The molecule has 4 aromatic carbocycles. The lowest BCUT2D eigenvalue weighted by molar-refractivity contribution is -0.671. The molecule has 0 fully saturated rings. The van der Waals surface area contributed by atoms with E-state index in [0.717, 1.165) is 39.3 Å². The summed E-state index contributed by atoms with van der Waals surface area (Å²) in [6.45, 7) is 0. The Bertz CT molecular complexity index is 1460. The lowest BCUT2D eigenvalue weighted by atomic mass is 10.00. The van der Waals surface area contributed by atoms with Crippen molar-refractivity contribution in [3.8, 4) is 17.2 Å². The zero-order valence-electron chi connectivity index (χ0n) is 20.1. The van der Waals surface area contributed by atoms with Gasteiger partial charge < -0.3 is 4.90 Å². The second-order valence-electron chi connectivity index (χ2n) is 8.60. The Morgan fingerprint density at radius 3 is 1.67 bits per heavy atom. The highest BCUT2D eigenvalue weighted by Gasteiger charge is 2.11. The van der Waals surface area contributed by atoms with Crippen LogP contribution in [-0.4, -0.2) is 0 Å². The van der Waals surface area contributed by atoms with E-state index < -0.39 is 0 Å². The van der Waals surface area contributed by atoms with Crippen molar-refractivity contribution in [2.75, 3.05) is 4.90 Å². The van der Waals surface area contributed by atoms with Gasteiger partial charge in [0.1, 0.15) is 7.05 Å². The Balaban J connectivity index is 1.42. The van der Waals surface area contributed by atoms with Crippen LogP contribution in [0.15, 0.2) is 134 Å². The Kier molecular flexibility index (Phi) is 6.69. The van der Waals surface area contributed by atoms with Crippen LogP contribution in [0.2, 0.25) is 0 Å². The van der Waals surface area contributed by atoms with Gasteiger partial charge in [0, 0.05) is 29.2 Å². The van der Waals surface area contributed by atoms with Crippen molar-refractivity contribution in [2.45, 2.75) is 0 Å². The van der Waals surface area contributed by atoms with Crippen LogP contribution in [0.3, 0.4) is 0 Å². The molecule has 0 saturated heterocycles. The van der Waals surface area contributed by atoms with Gasteiger partial charge in [-0.3, -0.25) is 0 Å². The first-order valence-corrected chi connectivity index (χ1v) is 11.9. The van der Waals surface area contributed by atoms with Gasteiger partial charge in [-0.1, -0.05) is 72.8 Å². The molecule has 0 aliphatic carbocycles. The van der Waals surface area contributed by atoms with E-state index in [1.807, 2.05) is 78.6 Å². The molecule has 0 amide bonds. The average molecular weight is 465 g/mol. The lowest BCUT2D eigenvalue weighted by Crippen LogP contribution is -2.25. The molecule has 172 valence electrons. The highest BCUT2D eigenvalue weighted by Crippen LogP contribution is 2.34. The fourth-order valence-electron chi connectivity index (χ4n) is 4.20. The Morgan fingerprint density at radius 2 is 1.14 bits per heavy atom. The number of nitriles is 1. The Labute approximate surface area is 212 Å². The standard InChI is InChI=1S/C33H26N3/c1-35-22-20-29(21-23-35)27-14-16-28(17-15-27)30(25-34)24-26-12-18-33(19-13-26)36(31-8-4-2-5-9-31)32-10-6-3-7-11-32/h2-24H,1H3/q+1. The average Bonchev–Trinajstić information content (AvgIpc) is 2.94. The summed E-state index contributed by atoms with van der Waals surface area (Å²) in [7, 11) is 2.00. The van der Waals surface area contributed by atoms with Gasteiger partial charge in [0.05, 0.1) is 11.6 Å². The first-order chi connectivity index (χ1) is 17.7. The molecule has 0 aliphatic heterocycles. The van der Waals surface area contributed by atoms with Crippen LogP contribution in [-0.2, 0) is 7.05 Å². The minimum Gasteiger partial charge on any atom is -0.311 e. The molecule has 0 unspecified atom stereocenters. The Hall–Kier alpha value is -4.94. The number of rotatable bonds is 6. The molecule has 0 atom stereocenters. The van der Waals surface area contributed by atoms with E-state index >= 15 is 0 Å². The predicted molar refractivity (Wildman–Crippen MR) is 148 cm³/mol. The molecule has 36 heavy (non-hydrogen) atoms. The maximum Gasteiger partial charge on any atom is 0.169 e. The maximum absolute atomic E-state index is 9.87. The van der Waals surface area contributed by atoms with Gasteiger partial charge in [-0.2, -0.15) is 5.26 Å². The highest BCUT2D eigenvalue weighted by molar-refractivity contribution is 5.90. The van der Waals surface area contributed by atoms with Gasteiger partial charge in [0.25, 0.3) is 0 Å². The summed E-state index contributed by atoms with van der Waals surface area (Å²) in [6, 6.07) is 43.7. The number of hydrogen-bond donors (Lipinski definition) is 0. The van der Waals surface area contributed by atoms with Crippen LogP contribution in [0.4, 0.5) is 17.1 Å². The van der Waals surface area contributed by atoms with Crippen LogP contribution in [0.5, 0.6) is 0 Å². The molecular weight excluding hydrogens is 438 g/mol. The van der Waals surface area contributed by atoms with Gasteiger partial charge in [0.15, 0.2) is 12.4 Å². The van der Waals surface area contributed by atoms with E-state index in [9.17, 15) is 5.26 Å². The number of hydrogen-bond acceptors (Lipinski definition) is 2. The number of nitrogens with zero attached hydrogens (tertiary/aromatic N) is 3. The van der Waals surface area contributed by atoms with Crippen molar-refractivity contribution in [3.05, 3.63) is 145 Å². The van der Waals surface area contributed by atoms with E-state index in [0.29, 0.717) is 5.57 Å². The third kappa shape index (κ3) is 5.09. The summed E-state index contributed by atoms with van der Waals surface area (Å²) in [5.74, 6) is 0. The van der Waals surface area contributed by atoms with Crippen LogP contribution in [0, 0.1) is 11.3 Å². The third-order valence-electron chi connectivity index (χ3n) is 6.12. The zero-order valence-corrected chi connectivity index (χ0v) is 20.1. The number of aryl methyl sites for hydroxylation is 1. The molecule has 0 aliphatic rings. The van der Waals surface area contributed by atoms with E-state index in [1.54, 1.807) is 0 Å². The molecule has 0 N–H and O–H groups in total. The van der Waals surface area contributed by atoms with Crippen LogP contribution < -0.4 is 9.47 Å². The van der Waals surface area contributed by atoms with E-state index in [4.69, 9.17) is 0 Å². The van der Waals surface area contributed by atoms with Gasteiger partial charge in [-0.25, -0.2) is 4.57 Å². The third-order valence-corrected chi connectivity index (χ3v) is 6.12. The molecule has 0 bridgehead atoms. The fourth-order valence-corrected chi connectivity index (χ4v) is 4.20. The summed E-state index contributed by atoms with van der Waals surface area (Å²) in [6.07, 6.45) is 6.01. The van der Waals surface area contributed by atoms with Crippen molar-refractivity contribution in [1.29, 1.82) is 5.26 Å². The number of benzene rings is 4. The second-order valence-corrected chi connectivity index (χ2v) is 8.60. The summed E-state index contributed by atoms with van der Waals surface area (Å²) in [5.41, 5.74) is 8.05. The first kappa shape index (κ1) is 22.8. The molecule has 5 aromatic rings. The van der Waals surface area contributed by atoms with Crippen molar-refractivity contribution in [1.82, 2.24) is 0 Å². The molecule has 0 spiro atoms. The van der Waals surface area contributed by atoms with Crippen molar-refractivity contribution in [2.24, 2.45) is 7.05 Å². The van der Waals surface area contributed by atoms with Gasteiger partial charge >= 0.3 is 0 Å².